The molecule has 0 bridgehead atoms. The Labute approximate surface area is 429 Å². The Morgan fingerprint density at radius 3 is 1.79 bits per heavy atom. The number of para-hydroxylation sites is 1. The van der Waals surface area contributed by atoms with Gasteiger partial charge in [-0.1, -0.05) is 190 Å². The van der Waals surface area contributed by atoms with Crippen LogP contribution in [0.25, 0.3) is 38.8 Å². The van der Waals surface area contributed by atoms with Crippen LogP contribution in [0.15, 0.2) is 188 Å². The summed E-state index contributed by atoms with van der Waals surface area (Å²) in [7, 11) is 0. The van der Waals surface area contributed by atoms with Gasteiger partial charge in [0.1, 0.15) is 5.82 Å². The second-order valence-corrected chi connectivity index (χ2v) is 21.6. The van der Waals surface area contributed by atoms with E-state index in [2.05, 4.69) is 272 Å². The van der Waals surface area contributed by atoms with Gasteiger partial charge in [-0.25, -0.2) is 4.98 Å². The Balaban J connectivity index is 0.00000608. The van der Waals surface area contributed by atoms with E-state index in [1.165, 1.54) is 33.4 Å². The van der Waals surface area contributed by atoms with E-state index in [9.17, 15) is 0 Å². The molecule has 0 radical (unpaired) electrons. The standard InChI is InChI=1S/C64H61N4O.Pt/c1-61(2,3)49-34-45(44-22-14-11-15-23-44)35-51(36-49)66-42-59(64(9,10)47-26-18-13-19-27-47)67(43-66)52-37-50(62(4,5)6)38-54(40-52)69-53-30-31-56-55-28-20-21-29-57(55)68(58(56)41-53)60-39-48(32-33-65-60)63(7,8)46-24-16-12-17-25-46;/h11-39,42-43H,1-10H3;/q-3;. The molecule has 5 nitrogen and oxygen atoms in total. The zero-order valence-corrected chi connectivity index (χ0v) is 44.2. The summed E-state index contributed by atoms with van der Waals surface area (Å²) in [6, 6.07) is 68.0. The van der Waals surface area contributed by atoms with Crippen LogP contribution in [0.3, 0.4) is 0 Å². The normalized spacial score (nSPS) is 13.4. The molecule has 0 amide bonds. The molecular formula is C64H61N4OPt-3. The molecule has 1 aliphatic rings. The molecule has 3 heterocycles. The first-order valence-corrected chi connectivity index (χ1v) is 24.1. The zero-order chi connectivity index (χ0) is 48.3. The second kappa shape index (κ2) is 18.6. The average molecular weight is 1100 g/mol. The van der Waals surface area contributed by atoms with Crippen molar-refractivity contribution >= 4 is 33.2 Å². The summed E-state index contributed by atoms with van der Waals surface area (Å²) in [4.78, 5) is 9.58. The Morgan fingerprint density at radius 1 is 0.500 bits per heavy atom. The molecule has 356 valence electrons. The monoisotopic (exact) mass is 1100 g/mol. The van der Waals surface area contributed by atoms with Gasteiger partial charge in [-0.15, -0.1) is 53.6 Å². The molecule has 0 aliphatic carbocycles. The number of hydrogen-bond donors (Lipinski definition) is 0. The summed E-state index contributed by atoms with van der Waals surface area (Å²) < 4.78 is 9.18. The summed E-state index contributed by atoms with van der Waals surface area (Å²) in [5, 5.41) is 2.21. The summed E-state index contributed by atoms with van der Waals surface area (Å²) in [6.45, 7) is 25.0. The molecule has 0 saturated carbocycles. The van der Waals surface area contributed by atoms with Crippen molar-refractivity contribution in [1.82, 2.24) is 9.55 Å². The van der Waals surface area contributed by atoms with Crippen molar-refractivity contribution < 1.29 is 25.8 Å². The van der Waals surface area contributed by atoms with Crippen molar-refractivity contribution in [2.75, 3.05) is 9.80 Å². The summed E-state index contributed by atoms with van der Waals surface area (Å²) in [5.41, 5.74) is 12.6. The molecule has 70 heavy (non-hydrogen) atoms. The minimum Gasteiger partial charge on any atom is -0.509 e. The van der Waals surface area contributed by atoms with Crippen molar-refractivity contribution in [3.8, 4) is 28.4 Å². The van der Waals surface area contributed by atoms with Crippen LogP contribution in [0, 0.1) is 18.8 Å². The van der Waals surface area contributed by atoms with Crippen molar-refractivity contribution in [1.29, 1.82) is 0 Å². The van der Waals surface area contributed by atoms with Crippen molar-refractivity contribution in [3.05, 3.63) is 235 Å². The number of allylic oxidation sites excluding steroid dienone is 1. The summed E-state index contributed by atoms with van der Waals surface area (Å²) >= 11 is 0. The number of benzene rings is 7. The molecule has 0 fully saturated rings. The Kier molecular flexibility index (Phi) is 12.8. The van der Waals surface area contributed by atoms with E-state index in [0.29, 0.717) is 11.5 Å². The van der Waals surface area contributed by atoms with Crippen LogP contribution in [0.5, 0.6) is 11.5 Å². The second-order valence-electron chi connectivity index (χ2n) is 21.6. The Morgan fingerprint density at radius 2 is 1.11 bits per heavy atom. The van der Waals surface area contributed by atoms with E-state index in [4.69, 9.17) is 9.72 Å². The maximum Gasteiger partial charge on any atom is 0.135 e. The first-order chi connectivity index (χ1) is 32.9. The van der Waals surface area contributed by atoms with Gasteiger partial charge in [0.05, 0.1) is 0 Å². The maximum absolute atomic E-state index is 6.96. The van der Waals surface area contributed by atoms with Gasteiger partial charge in [0.25, 0.3) is 0 Å². The van der Waals surface area contributed by atoms with Crippen LogP contribution >= 0.6 is 0 Å². The van der Waals surface area contributed by atoms with Gasteiger partial charge in [0, 0.05) is 66.5 Å². The predicted octanol–water partition coefficient (Wildman–Crippen LogP) is 16.4. The van der Waals surface area contributed by atoms with E-state index in [0.717, 1.165) is 50.3 Å². The minimum absolute atomic E-state index is 0. The van der Waals surface area contributed by atoms with Crippen LogP contribution in [-0.4, -0.2) is 9.55 Å². The van der Waals surface area contributed by atoms with E-state index in [1.54, 1.807) is 0 Å². The Bertz CT molecular complexity index is 3360. The van der Waals surface area contributed by atoms with Crippen LogP contribution < -0.4 is 14.5 Å². The maximum atomic E-state index is 6.96. The van der Waals surface area contributed by atoms with Gasteiger partial charge in [-0.05, 0) is 86.1 Å². The topological polar surface area (TPSA) is 33.5 Å². The van der Waals surface area contributed by atoms with Gasteiger partial charge < -0.3 is 19.1 Å². The smallest absolute Gasteiger partial charge is 0.135 e. The summed E-state index contributed by atoms with van der Waals surface area (Å²) in [5.74, 6) is 2.05. The number of aromatic nitrogens is 2. The third kappa shape index (κ3) is 9.25. The van der Waals surface area contributed by atoms with Gasteiger partial charge in [0.15, 0.2) is 0 Å². The third-order valence-corrected chi connectivity index (χ3v) is 14.0. The molecule has 9 aromatic rings. The molecule has 0 saturated heterocycles. The first kappa shape index (κ1) is 48.3. The van der Waals surface area contributed by atoms with E-state index >= 15 is 0 Å². The summed E-state index contributed by atoms with van der Waals surface area (Å²) in [6.07, 6.45) is 4.22. The van der Waals surface area contributed by atoms with Crippen molar-refractivity contribution in [2.24, 2.45) is 0 Å². The van der Waals surface area contributed by atoms with Gasteiger partial charge in [-0.3, -0.25) is 0 Å². The number of nitrogens with zero attached hydrogens (tertiary/aromatic N) is 4. The number of pyridine rings is 1. The molecule has 0 atom stereocenters. The molecule has 2 aromatic heterocycles. The molecule has 0 N–H and O–H groups in total. The third-order valence-electron chi connectivity index (χ3n) is 14.0. The molecule has 0 spiro atoms. The number of rotatable bonds is 10. The fourth-order valence-corrected chi connectivity index (χ4v) is 9.59. The van der Waals surface area contributed by atoms with E-state index < -0.39 is 5.41 Å². The number of fused-ring (bicyclic) bond motifs is 3. The average Bonchev–Trinajstić information content (AvgIpc) is 3.95. The fourth-order valence-electron chi connectivity index (χ4n) is 9.59. The number of anilines is 2. The fraction of sp³-hybridized carbons (Fsp3) is 0.219. The van der Waals surface area contributed by atoms with Crippen molar-refractivity contribution in [3.63, 3.8) is 0 Å². The molecule has 10 rings (SSSR count). The van der Waals surface area contributed by atoms with Crippen LogP contribution in [0.1, 0.15) is 97.1 Å². The van der Waals surface area contributed by atoms with Crippen LogP contribution in [-0.2, 0) is 42.7 Å². The molecular weight excluding hydrogens is 1040 g/mol. The van der Waals surface area contributed by atoms with Gasteiger partial charge >= 0.3 is 0 Å². The van der Waals surface area contributed by atoms with E-state index in [-0.39, 0.29) is 37.3 Å². The van der Waals surface area contributed by atoms with Gasteiger partial charge in [-0.2, -0.15) is 6.07 Å². The molecule has 7 aromatic carbocycles. The van der Waals surface area contributed by atoms with Gasteiger partial charge in [0.2, 0.25) is 0 Å². The van der Waals surface area contributed by atoms with Crippen LogP contribution in [0.2, 0.25) is 0 Å². The van der Waals surface area contributed by atoms with E-state index in [1.807, 2.05) is 12.3 Å². The number of hydrogen-bond acceptors (Lipinski definition) is 4. The number of ether oxygens (including phenoxy) is 1. The molecule has 6 heteroatoms. The predicted molar refractivity (Wildman–Crippen MR) is 287 cm³/mol. The quantitative estimate of drug-likeness (QED) is 0.128. The van der Waals surface area contributed by atoms with Crippen molar-refractivity contribution in [2.45, 2.75) is 90.9 Å². The largest absolute Gasteiger partial charge is 0.509 e. The molecule has 0 unspecified atom stereocenters. The first-order valence-electron chi connectivity index (χ1n) is 24.1. The minimum atomic E-state index is -0.392. The SMILES string of the molecule is CC(C)(C)c1cc(Oc2[c-]c3c(cc2)c2ccccc2n3-c2cc(C(C)(C)c3ccccc3)ccn2)[c-]c(N2[CH-]N(c3cc(-c4ccccc4)cc(C(C)(C)C)c3)C=C2C(C)(C)c2ccccc2)c1.[Pt]. The zero-order valence-electron chi connectivity index (χ0n) is 41.9. The molecule has 1 aliphatic heterocycles. The Hall–Kier alpha value is -6.68. The van der Waals surface area contributed by atoms with Crippen LogP contribution in [0.4, 0.5) is 11.4 Å².